The van der Waals surface area contributed by atoms with Crippen molar-refractivity contribution in [2.45, 2.75) is 13.1 Å². The molecule has 0 aromatic heterocycles. The molecule has 1 aromatic carbocycles. The average Bonchev–Trinajstić information content (AvgIpc) is 2.57. The highest BCUT2D eigenvalue weighted by Crippen LogP contribution is 2.33. The number of ether oxygens (including phenoxy) is 1. The maximum Gasteiger partial charge on any atom is 0.416 e. The van der Waals surface area contributed by atoms with Crippen LogP contribution in [0.2, 0.25) is 0 Å². The zero-order valence-corrected chi connectivity index (χ0v) is 8.97. The molecule has 0 amide bonds. The van der Waals surface area contributed by atoms with Gasteiger partial charge in [-0.25, -0.2) is 4.79 Å². The minimum Gasteiger partial charge on any atom is -0.458 e. The first-order valence-electron chi connectivity index (χ1n) is 4.94. The molecule has 0 spiro atoms. The molecule has 1 heterocycles. The maximum absolute atomic E-state index is 12.5. The molecular weight excluding hydrogens is 233 g/mol. The predicted molar refractivity (Wildman–Crippen MR) is 55.0 cm³/mol. The van der Waals surface area contributed by atoms with Gasteiger partial charge in [0.1, 0.15) is 6.61 Å². The Morgan fingerprint density at radius 3 is 2.53 bits per heavy atom. The van der Waals surface area contributed by atoms with Gasteiger partial charge in [-0.3, -0.25) is 0 Å². The first-order chi connectivity index (χ1) is 7.89. The number of cyclic esters (lactones) is 1. The third kappa shape index (κ3) is 2.18. The standard InChI is InChI=1S/C12H9F3O2/c1-7-6-17-11(16)10(7)8-3-2-4-9(5-8)12(13,14)15/h2-5H,6H2,1H3. The van der Waals surface area contributed by atoms with E-state index in [-0.39, 0.29) is 17.7 Å². The monoisotopic (exact) mass is 242 g/mol. The zero-order valence-electron chi connectivity index (χ0n) is 8.97. The number of hydrogen-bond acceptors (Lipinski definition) is 2. The molecule has 0 saturated heterocycles. The van der Waals surface area contributed by atoms with Gasteiger partial charge in [0.25, 0.3) is 0 Å². The van der Waals surface area contributed by atoms with Crippen LogP contribution in [0.25, 0.3) is 5.57 Å². The Bertz CT molecular complexity index is 501. The van der Waals surface area contributed by atoms with Crippen LogP contribution in [0.3, 0.4) is 0 Å². The normalized spacial score (nSPS) is 16.4. The van der Waals surface area contributed by atoms with E-state index < -0.39 is 17.7 Å². The lowest BCUT2D eigenvalue weighted by Gasteiger charge is -2.08. The molecule has 0 saturated carbocycles. The van der Waals surface area contributed by atoms with E-state index in [0.29, 0.717) is 5.57 Å². The predicted octanol–water partition coefficient (Wildman–Crippen LogP) is 3.04. The van der Waals surface area contributed by atoms with Gasteiger partial charge in [-0.15, -0.1) is 0 Å². The minimum atomic E-state index is -4.41. The van der Waals surface area contributed by atoms with Crippen LogP contribution in [0.1, 0.15) is 18.1 Å². The maximum atomic E-state index is 12.5. The molecule has 0 bridgehead atoms. The van der Waals surface area contributed by atoms with Crippen molar-refractivity contribution >= 4 is 11.5 Å². The summed E-state index contributed by atoms with van der Waals surface area (Å²) in [5.74, 6) is -0.568. The number of rotatable bonds is 1. The molecule has 2 nitrogen and oxygen atoms in total. The van der Waals surface area contributed by atoms with Crippen LogP contribution < -0.4 is 0 Å². The molecule has 5 heteroatoms. The number of benzene rings is 1. The molecule has 1 aromatic rings. The third-order valence-corrected chi connectivity index (χ3v) is 2.53. The summed E-state index contributed by atoms with van der Waals surface area (Å²) in [4.78, 5) is 11.4. The molecule has 0 fully saturated rings. The number of carbonyl (C=O) groups excluding carboxylic acids is 1. The van der Waals surface area contributed by atoms with E-state index in [1.807, 2.05) is 0 Å². The third-order valence-electron chi connectivity index (χ3n) is 2.53. The van der Waals surface area contributed by atoms with Gasteiger partial charge in [-0.2, -0.15) is 13.2 Å². The van der Waals surface area contributed by atoms with Crippen LogP contribution in [0.15, 0.2) is 29.8 Å². The lowest BCUT2D eigenvalue weighted by molar-refractivity contribution is -0.138. The Balaban J connectivity index is 2.48. The summed E-state index contributed by atoms with van der Waals surface area (Å²) in [5, 5.41) is 0. The second kappa shape index (κ2) is 3.91. The first kappa shape index (κ1) is 11.7. The molecule has 2 rings (SSSR count). The molecule has 1 aliphatic rings. The van der Waals surface area contributed by atoms with Gasteiger partial charge in [-0.1, -0.05) is 12.1 Å². The van der Waals surface area contributed by atoms with Crippen molar-refractivity contribution in [3.63, 3.8) is 0 Å². The molecule has 0 atom stereocenters. The smallest absolute Gasteiger partial charge is 0.416 e. The number of halogens is 3. The highest BCUT2D eigenvalue weighted by atomic mass is 19.4. The summed E-state index contributed by atoms with van der Waals surface area (Å²) in [6.45, 7) is 1.81. The van der Waals surface area contributed by atoms with E-state index in [1.165, 1.54) is 12.1 Å². The summed E-state index contributed by atoms with van der Waals surface area (Å²) in [6, 6.07) is 4.69. The molecule has 0 aliphatic carbocycles. The molecular formula is C12H9F3O2. The Morgan fingerprint density at radius 1 is 1.29 bits per heavy atom. The Morgan fingerprint density at radius 2 is 2.00 bits per heavy atom. The fourth-order valence-corrected chi connectivity index (χ4v) is 1.71. The van der Waals surface area contributed by atoms with Crippen LogP contribution >= 0.6 is 0 Å². The van der Waals surface area contributed by atoms with Crippen LogP contribution in [0, 0.1) is 0 Å². The van der Waals surface area contributed by atoms with E-state index >= 15 is 0 Å². The zero-order chi connectivity index (χ0) is 12.6. The first-order valence-corrected chi connectivity index (χ1v) is 4.94. The van der Waals surface area contributed by atoms with E-state index in [2.05, 4.69) is 0 Å². The van der Waals surface area contributed by atoms with E-state index in [9.17, 15) is 18.0 Å². The van der Waals surface area contributed by atoms with Crippen molar-refractivity contribution < 1.29 is 22.7 Å². The van der Waals surface area contributed by atoms with Crippen molar-refractivity contribution in [1.29, 1.82) is 0 Å². The SMILES string of the molecule is CC1=C(c2cccc(C(F)(F)F)c2)C(=O)OC1. The number of esters is 1. The fourth-order valence-electron chi connectivity index (χ4n) is 1.71. The highest BCUT2D eigenvalue weighted by molar-refractivity contribution is 6.19. The van der Waals surface area contributed by atoms with Gasteiger partial charge in [0.05, 0.1) is 11.1 Å². The molecule has 0 radical (unpaired) electrons. The van der Waals surface area contributed by atoms with Gasteiger partial charge in [0.15, 0.2) is 0 Å². The molecule has 1 aliphatic heterocycles. The second-order valence-electron chi connectivity index (χ2n) is 3.81. The van der Waals surface area contributed by atoms with Gasteiger partial charge in [0, 0.05) is 0 Å². The summed E-state index contributed by atoms with van der Waals surface area (Å²) in [7, 11) is 0. The topological polar surface area (TPSA) is 26.3 Å². The van der Waals surface area contributed by atoms with Gasteiger partial charge in [0.2, 0.25) is 0 Å². The Kier molecular flexibility index (Phi) is 2.69. The lowest BCUT2D eigenvalue weighted by Crippen LogP contribution is -2.06. The van der Waals surface area contributed by atoms with E-state index in [1.54, 1.807) is 6.92 Å². The average molecular weight is 242 g/mol. The fraction of sp³-hybridized carbons (Fsp3) is 0.250. The van der Waals surface area contributed by atoms with E-state index in [4.69, 9.17) is 4.74 Å². The van der Waals surface area contributed by atoms with Crippen molar-refractivity contribution in [3.05, 3.63) is 41.0 Å². The summed E-state index contributed by atoms with van der Waals surface area (Å²) in [5.41, 5.74) is 0.361. The highest BCUT2D eigenvalue weighted by Gasteiger charge is 2.32. The van der Waals surface area contributed by atoms with Crippen LogP contribution in [0.4, 0.5) is 13.2 Å². The molecule has 0 N–H and O–H groups in total. The van der Waals surface area contributed by atoms with Crippen LogP contribution in [-0.4, -0.2) is 12.6 Å². The lowest BCUT2D eigenvalue weighted by atomic mass is 10.0. The summed E-state index contributed by atoms with van der Waals surface area (Å²) >= 11 is 0. The van der Waals surface area contributed by atoms with Crippen molar-refractivity contribution in [2.75, 3.05) is 6.61 Å². The Labute approximate surface area is 95.7 Å². The summed E-state index contributed by atoms with van der Waals surface area (Å²) < 4.78 is 42.3. The van der Waals surface area contributed by atoms with Crippen molar-refractivity contribution in [2.24, 2.45) is 0 Å². The number of alkyl halides is 3. The largest absolute Gasteiger partial charge is 0.458 e. The number of carbonyl (C=O) groups is 1. The second-order valence-corrected chi connectivity index (χ2v) is 3.81. The van der Waals surface area contributed by atoms with Crippen LogP contribution in [-0.2, 0) is 15.7 Å². The van der Waals surface area contributed by atoms with Crippen LogP contribution in [0.5, 0.6) is 0 Å². The quantitative estimate of drug-likeness (QED) is 0.707. The van der Waals surface area contributed by atoms with Gasteiger partial charge in [-0.05, 0) is 30.2 Å². The minimum absolute atomic E-state index is 0.143. The molecule has 90 valence electrons. The van der Waals surface area contributed by atoms with Crippen molar-refractivity contribution in [1.82, 2.24) is 0 Å². The summed E-state index contributed by atoms with van der Waals surface area (Å²) in [6.07, 6.45) is -4.41. The number of hydrogen-bond donors (Lipinski definition) is 0. The van der Waals surface area contributed by atoms with Gasteiger partial charge >= 0.3 is 12.1 Å². The van der Waals surface area contributed by atoms with E-state index in [0.717, 1.165) is 12.1 Å². The molecule has 17 heavy (non-hydrogen) atoms. The van der Waals surface area contributed by atoms with Gasteiger partial charge < -0.3 is 4.74 Å². The van der Waals surface area contributed by atoms with Crippen molar-refractivity contribution in [3.8, 4) is 0 Å². The molecule has 0 unspecified atom stereocenters. The Hall–Kier alpha value is -1.78.